The van der Waals surface area contributed by atoms with E-state index in [-0.39, 0.29) is 39.7 Å². The number of likely N-dealkylation sites (N-methyl/N-ethyl adjacent to an activating group) is 2. The van der Waals surface area contributed by atoms with E-state index in [4.69, 9.17) is 4.42 Å². The Labute approximate surface area is 284 Å². The van der Waals surface area contributed by atoms with Gasteiger partial charge in [0.2, 0.25) is 10.9 Å². The molecule has 0 spiro atoms. The third-order valence-corrected chi connectivity index (χ3v) is 11.5. The minimum absolute atomic E-state index is 0.0502. The number of fused-ring (bicyclic) bond motifs is 1. The van der Waals surface area contributed by atoms with Gasteiger partial charge in [-0.15, -0.1) is 22.0 Å². The van der Waals surface area contributed by atoms with Crippen LogP contribution in [0.3, 0.4) is 0 Å². The van der Waals surface area contributed by atoms with Crippen LogP contribution in [0.1, 0.15) is 18.9 Å². The standard InChI is InChI=1S/C35H36F2N8O3S/c1-40-5-9-42(10-6-40)28-17-27-21(15-25(28)36)31(46)24(19-45(27)20-3-4-20)35-39-38-34(48-35)23-18-44-13-14-49-33-29(44)22(32(23)47)16-26(37)30(33)43-11-7-41(2)8-12-43/h15-20H,3-14H2,1-2H3. The number of thioether (sulfide) groups is 1. The van der Waals surface area contributed by atoms with Crippen molar-refractivity contribution in [3.8, 4) is 22.9 Å². The number of anilines is 2. The maximum atomic E-state index is 15.9. The Bertz CT molecular complexity index is 2270. The minimum Gasteiger partial charge on any atom is -0.416 e. The molecule has 49 heavy (non-hydrogen) atoms. The molecule has 1 aliphatic carbocycles. The summed E-state index contributed by atoms with van der Waals surface area (Å²) in [5.41, 5.74) is 1.89. The quantitative estimate of drug-likeness (QED) is 0.267. The summed E-state index contributed by atoms with van der Waals surface area (Å²) in [6.45, 7) is 6.79. The maximum absolute atomic E-state index is 15.9. The van der Waals surface area contributed by atoms with Gasteiger partial charge < -0.3 is 33.2 Å². The molecule has 3 fully saturated rings. The van der Waals surface area contributed by atoms with E-state index in [0.29, 0.717) is 60.9 Å². The number of benzene rings is 2. The molecule has 0 radical (unpaired) electrons. The Balaban J connectivity index is 1.13. The van der Waals surface area contributed by atoms with Gasteiger partial charge in [0.1, 0.15) is 22.8 Å². The summed E-state index contributed by atoms with van der Waals surface area (Å²) in [5, 5.41) is 8.90. The highest BCUT2D eigenvalue weighted by Crippen LogP contribution is 2.42. The molecular weight excluding hydrogens is 651 g/mol. The molecule has 5 aromatic rings. The first kappa shape index (κ1) is 30.8. The van der Waals surface area contributed by atoms with Crippen LogP contribution in [0.15, 0.2) is 49.5 Å². The van der Waals surface area contributed by atoms with E-state index in [2.05, 4.69) is 39.0 Å². The van der Waals surface area contributed by atoms with Crippen molar-refractivity contribution >= 4 is 44.9 Å². The second-order valence-electron chi connectivity index (χ2n) is 13.7. The van der Waals surface area contributed by atoms with Crippen molar-refractivity contribution in [2.45, 2.75) is 30.3 Å². The van der Waals surface area contributed by atoms with E-state index in [1.807, 2.05) is 14.0 Å². The average Bonchev–Trinajstić information content (AvgIpc) is 3.83. The molecule has 254 valence electrons. The van der Waals surface area contributed by atoms with Gasteiger partial charge in [-0.05, 0) is 45.1 Å². The lowest BCUT2D eigenvalue weighted by Gasteiger charge is -2.36. The van der Waals surface area contributed by atoms with Crippen LogP contribution in [-0.2, 0) is 6.54 Å². The predicted molar refractivity (Wildman–Crippen MR) is 187 cm³/mol. The fourth-order valence-electron chi connectivity index (χ4n) is 7.42. The first-order chi connectivity index (χ1) is 23.7. The zero-order valence-electron chi connectivity index (χ0n) is 27.4. The molecule has 0 bridgehead atoms. The van der Waals surface area contributed by atoms with Gasteiger partial charge in [-0.3, -0.25) is 9.59 Å². The molecule has 6 heterocycles. The number of hydrogen-bond acceptors (Lipinski definition) is 10. The first-order valence-corrected chi connectivity index (χ1v) is 17.9. The number of halogens is 2. The summed E-state index contributed by atoms with van der Waals surface area (Å²) >= 11 is 1.57. The van der Waals surface area contributed by atoms with Gasteiger partial charge >= 0.3 is 0 Å². The Morgan fingerprint density at radius 3 is 2.04 bits per heavy atom. The second kappa shape index (κ2) is 11.7. The van der Waals surface area contributed by atoms with Crippen LogP contribution in [0.5, 0.6) is 0 Å². The fraction of sp³-hybridized carbons (Fsp3) is 0.429. The Kier molecular flexibility index (Phi) is 7.32. The lowest BCUT2D eigenvalue weighted by molar-refractivity contribution is 0.311. The van der Waals surface area contributed by atoms with E-state index in [0.717, 1.165) is 43.9 Å². The summed E-state index contributed by atoms with van der Waals surface area (Å²) in [6, 6.07) is 4.62. The smallest absolute Gasteiger partial charge is 0.253 e. The highest BCUT2D eigenvalue weighted by Gasteiger charge is 2.31. The summed E-state index contributed by atoms with van der Waals surface area (Å²) < 4.78 is 41.5. The minimum atomic E-state index is -0.446. The topological polar surface area (TPSA) is 95.9 Å². The molecule has 14 heteroatoms. The largest absolute Gasteiger partial charge is 0.416 e. The van der Waals surface area contributed by atoms with Crippen LogP contribution in [0.25, 0.3) is 44.7 Å². The van der Waals surface area contributed by atoms with Crippen molar-refractivity contribution in [1.29, 1.82) is 0 Å². The molecule has 0 atom stereocenters. The highest BCUT2D eigenvalue weighted by atomic mass is 32.2. The normalized spacial score (nSPS) is 19.0. The molecule has 1 saturated carbocycles. The summed E-state index contributed by atoms with van der Waals surface area (Å²) in [7, 11) is 4.11. The van der Waals surface area contributed by atoms with Crippen LogP contribution in [-0.4, -0.2) is 101 Å². The van der Waals surface area contributed by atoms with Gasteiger partial charge in [0.25, 0.3) is 11.8 Å². The van der Waals surface area contributed by atoms with Crippen LogP contribution in [0, 0.1) is 11.6 Å². The third-order valence-electron chi connectivity index (χ3n) is 10.4. The maximum Gasteiger partial charge on any atom is 0.253 e. The Morgan fingerprint density at radius 2 is 1.37 bits per heavy atom. The molecule has 2 aromatic carbocycles. The number of aromatic nitrogens is 4. The molecule has 0 N–H and O–H groups in total. The summed E-state index contributed by atoms with van der Waals surface area (Å²) in [4.78, 5) is 37.2. The van der Waals surface area contributed by atoms with Crippen molar-refractivity contribution in [3.05, 3.63) is 62.7 Å². The number of pyridine rings is 2. The van der Waals surface area contributed by atoms with E-state index in [1.54, 1.807) is 30.2 Å². The van der Waals surface area contributed by atoms with Crippen LogP contribution in [0.2, 0.25) is 0 Å². The molecule has 3 aromatic heterocycles. The van der Waals surface area contributed by atoms with Crippen molar-refractivity contribution in [2.24, 2.45) is 0 Å². The van der Waals surface area contributed by atoms with Gasteiger partial charge in [-0.2, -0.15) is 0 Å². The van der Waals surface area contributed by atoms with Gasteiger partial charge in [-0.1, -0.05) is 0 Å². The molecule has 0 amide bonds. The Hall–Kier alpha value is -4.27. The van der Waals surface area contributed by atoms with E-state index >= 15 is 8.78 Å². The second-order valence-corrected chi connectivity index (χ2v) is 14.8. The predicted octanol–water partition coefficient (Wildman–Crippen LogP) is 4.26. The molecule has 11 nitrogen and oxygen atoms in total. The number of hydrogen-bond donors (Lipinski definition) is 0. The zero-order chi connectivity index (χ0) is 33.6. The van der Waals surface area contributed by atoms with Crippen molar-refractivity contribution < 1.29 is 13.2 Å². The fourth-order valence-corrected chi connectivity index (χ4v) is 8.64. The summed E-state index contributed by atoms with van der Waals surface area (Å²) in [5.74, 6) is -0.255. The highest BCUT2D eigenvalue weighted by molar-refractivity contribution is 7.99. The molecular formula is C35H36F2N8O3S. The van der Waals surface area contributed by atoms with Gasteiger partial charge in [0.15, 0.2) is 0 Å². The molecule has 3 aliphatic heterocycles. The average molecular weight is 687 g/mol. The van der Waals surface area contributed by atoms with E-state index in [9.17, 15) is 9.59 Å². The molecule has 0 unspecified atom stereocenters. The monoisotopic (exact) mass is 686 g/mol. The summed E-state index contributed by atoms with van der Waals surface area (Å²) in [6.07, 6.45) is 5.31. The molecule has 9 rings (SSSR count). The number of nitrogens with zero attached hydrogens (tertiary/aromatic N) is 8. The van der Waals surface area contributed by atoms with Crippen LogP contribution < -0.4 is 20.7 Å². The van der Waals surface area contributed by atoms with Gasteiger partial charge in [0, 0.05) is 88.5 Å². The molecule has 4 aliphatic rings. The number of aryl methyl sites for hydroxylation is 1. The van der Waals surface area contributed by atoms with Crippen LogP contribution in [0.4, 0.5) is 20.2 Å². The van der Waals surface area contributed by atoms with E-state index in [1.165, 1.54) is 12.1 Å². The van der Waals surface area contributed by atoms with Crippen molar-refractivity contribution in [3.63, 3.8) is 0 Å². The van der Waals surface area contributed by atoms with Crippen molar-refractivity contribution in [2.75, 3.05) is 82.0 Å². The lowest BCUT2D eigenvalue weighted by atomic mass is 10.1. The third kappa shape index (κ3) is 5.14. The van der Waals surface area contributed by atoms with Gasteiger partial charge in [0.05, 0.1) is 32.7 Å². The molecule has 2 saturated heterocycles. The number of piperazine rings is 2. The lowest BCUT2D eigenvalue weighted by Crippen LogP contribution is -2.45. The Morgan fingerprint density at radius 1 is 0.755 bits per heavy atom. The number of rotatable bonds is 5. The van der Waals surface area contributed by atoms with Crippen LogP contribution >= 0.6 is 11.8 Å². The van der Waals surface area contributed by atoms with Crippen molar-refractivity contribution in [1.82, 2.24) is 29.1 Å². The first-order valence-electron chi connectivity index (χ1n) is 16.9. The SMILES string of the molecule is CN1CCN(c2cc3c(cc2F)c(=O)c(-c2nnc(-c4cn5c6c(c(N7CCN(C)CC7)c(F)cc6c4=O)SCC5)o2)cn3C2CC2)CC1. The van der Waals surface area contributed by atoms with Gasteiger partial charge in [-0.25, -0.2) is 8.78 Å². The van der Waals surface area contributed by atoms with E-state index < -0.39 is 22.5 Å². The zero-order valence-corrected chi connectivity index (χ0v) is 28.2.